The van der Waals surface area contributed by atoms with Gasteiger partial charge in [-0.3, -0.25) is 4.79 Å². The van der Waals surface area contributed by atoms with E-state index < -0.39 is 0 Å². The molecule has 0 radical (unpaired) electrons. The molecule has 1 fully saturated rings. The van der Waals surface area contributed by atoms with E-state index in [0.717, 1.165) is 24.0 Å². The topological polar surface area (TPSA) is 58.6 Å². The van der Waals surface area contributed by atoms with E-state index in [0.29, 0.717) is 31.1 Å². The molecular formula is C22H25FN2O3. The highest BCUT2D eigenvalue weighted by Gasteiger charge is 2.24. The van der Waals surface area contributed by atoms with Crippen LogP contribution in [0.1, 0.15) is 25.3 Å². The van der Waals surface area contributed by atoms with Crippen LogP contribution < -0.4 is 5.32 Å². The maximum atomic E-state index is 12.9. The fraction of sp³-hybridized carbons (Fsp3) is 0.364. The number of carbonyl (C=O) groups is 2. The SMILES string of the molecule is C/C=C1\C=CC(C(=O)NCC2CCN(C(=O)OCc3ccc(F)cc3)CC2)=C1. The largest absolute Gasteiger partial charge is 0.445 e. The van der Waals surface area contributed by atoms with Crippen molar-refractivity contribution in [1.29, 1.82) is 0 Å². The predicted octanol–water partition coefficient (Wildman–Crippen LogP) is 3.73. The molecule has 1 N–H and O–H groups in total. The molecule has 0 spiro atoms. The molecule has 0 bridgehead atoms. The summed E-state index contributed by atoms with van der Waals surface area (Å²) in [7, 11) is 0. The third kappa shape index (κ3) is 5.31. The van der Waals surface area contributed by atoms with Crippen LogP contribution in [0.15, 0.2) is 59.7 Å². The average Bonchev–Trinajstić information content (AvgIpc) is 3.21. The second-order valence-corrected chi connectivity index (χ2v) is 7.04. The molecule has 0 unspecified atom stereocenters. The number of ether oxygens (including phenoxy) is 1. The van der Waals surface area contributed by atoms with Gasteiger partial charge in [-0.15, -0.1) is 0 Å². The Morgan fingerprint density at radius 2 is 1.93 bits per heavy atom. The highest BCUT2D eigenvalue weighted by Crippen LogP contribution is 2.19. The van der Waals surface area contributed by atoms with Gasteiger partial charge in [-0.2, -0.15) is 0 Å². The van der Waals surface area contributed by atoms with Gasteiger partial charge in [0, 0.05) is 25.2 Å². The lowest BCUT2D eigenvalue weighted by atomic mass is 9.97. The number of benzene rings is 1. The number of nitrogens with zero attached hydrogens (tertiary/aromatic N) is 1. The van der Waals surface area contributed by atoms with Crippen LogP contribution in [-0.2, 0) is 16.1 Å². The summed E-state index contributed by atoms with van der Waals surface area (Å²) in [5.41, 5.74) is 2.47. The van der Waals surface area contributed by atoms with Crippen LogP contribution in [0.2, 0.25) is 0 Å². The minimum atomic E-state index is -0.355. The lowest BCUT2D eigenvalue weighted by Crippen LogP contribution is -2.41. The van der Waals surface area contributed by atoms with Gasteiger partial charge in [-0.25, -0.2) is 9.18 Å². The van der Waals surface area contributed by atoms with E-state index in [2.05, 4.69) is 5.32 Å². The standard InChI is InChI=1S/C22H25FN2O3/c1-2-16-3-6-19(13-16)21(26)24-14-17-9-11-25(12-10-17)22(27)28-15-18-4-7-20(23)8-5-18/h2-8,13,17H,9-12,14-15H2,1H3,(H,24,26)/b16-2+. The third-order valence-corrected chi connectivity index (χ3v) is 5.07. The number of likely N-dealkylation sites (tertiary alicyclic amines) is 1. The zero-order valence-electron chi connectivity index (χ0n) is 16.0. The second kappa shape index (κ2) is 9.35. The first-order valence-electron chi connectivity index (χ1n) is 9.55. The summed E-state index contributed by atoms with van der Waals surface area (Å²) in [5.74, 6) is -0.0294. The van der Waals surface area contributed by atoms with Crippen LogP contribution in [0.25, 0.3) is 0 Å². The highest BCUT2D eigenvalue weighted by molar-refractivity contribution is 5.98. The number of amides is 2. The molecule has 6 heteroatoms. The summed E-state index contributed by atoms with van der Waals surface area (Å²) in [5, 5.41) is 2.98. The molecule has 0 aromatic heterocycles. The Morgan fingerprint density at radius 3 is 2.57 bits per heavy atom. The monoisotopic (exact) mass is 384 g/mol. The first-order chi connectivity index (χ1) is 13.5. The Balaban J connectivity index is 1.37. The molecule has 1 aromatic carbocycles. The van der Waals surface area contributed by atoms with Crippen LogP contribution in [0.4, 0.5) is 9.18 Å². The van der Waals surface area contributed by atoms with Gasteiger partial charge in [0.1, 0.15) is 12.4 Å². The number of carbonyl (C=O) groups excluding carboxylic acids is 2. The Kier molecular flexibility index (Phi) is 6.63. The first kappa shape index (κ1) is 19.9. The third-order valence-electron chi connectivity index (χ3n) is 5.07. The number of rotatable bonds is 5. The maximum absolute atomic E-state index is 12.9. The van der Waals surface area contributed by atoms with E-state index >= 15 is 0 Å². The number of halogens is 1. The van der Waals surface area contributed by atoms with Gasteiger partial charge in [-0.05, 0) is 61.1 Å². The van der Waals surface area contributed by atoms with Crippen LogP contribution >= 0.6 is 0 Å². The van der Waals surface area contributed by atoms with Crippen LogP contribution in [0.3, 0.4) is 0 Å². The van der Waals surface area contributed by atoms with Gasteiger partial charge in [0.15, 0.2) is 0 Å². The Bertz CT molecular complexity index is 804. The molecule has 148 valence electrons. The number of piperidine rings is 1. The smallest absolute Gasteiger partial charge is 0.410 e. The van der Waals surface area contributed by atoms with Crippen molar-refractivity contribution >= 4 is 12.0 Å². The molecule has 0 saturated carbocycles. The van der Waals surface area contributed by atoms with Gasteiger partial charge in [0.2, 0.25) is 0 Å². The molecule has 1 aliphatic carbocycles. The van der Waals surface area contributed by atoms with Crippen molar-refractivity contribution in [3.63, 3.8) is 0 Å². The number of hydrogen-bond donors (Lipinski definition) is 1. The highest BCUT2D eigenvalue weighted by atomic mass is 19.1. The van der Waals surface area contributed by atoms with Crippen molar-refractivity contribution in [1.82, 2.24) is 10.2 Å². The predicted molar refractivity (Wildman–Crippen MR) is 105 cm³/mol. The summed E-state index contributed by atoms with van der Waals surface area (Å²) in [4.78, 5) is 26.1. The number of hydrogen-bond acceptors (Lipinski definition) is 3. The van der Waals surface area contributed by atoms with E-state index in [1.54, 1.807) is 17.0 Å². The van der Waals surface area contributed by atoms with E-state index in [1.165, 1.54) is 12.1 Å². The fourth-order valence-corrected chi connectivity index (χ4v) is 3.26. The summed E-state index contributed by atoms with van der Waals surface area (Å²) < 4.78 is 18.2. The fourth-order valence-electron chi connectivity index (χ4n) is 3.26. The molecule has 0 atom stereocenters. The minimum Gasteiger partial charge on any atom is -0.445 e. The van der Waals surface area contributed by atoms with E-state index in [4.69, 9.17) is 4.74 Å². The molecule has 5 nitrogen and oxygen atoms in total. The second-order valence-electron chi connectivity index (χ2n) is 7.04. The summed E-state index contributed by atoms with van der Waals surface area (Å²) >= 11 is 0. The Morgan fingerprint density at radius 1 is 1.21 bits per heavy atom. The van der Waals surface area contributed by atoms with E-state index in [-0.39, 0.29) is 24.4 Å². The van der Waals surface area contributed by atoms with E-state index in [9.17, 15) is 14.0 Å². The number of nitrogens with one attached hydrogen (secondary N) is 1. The molecule has 1 aliphatic heterocycles. The van der Waals surface area contributed by atoms with Crippen molar-refractivity contribution in [3.05, 3.63) is 71.1 Å². The lowest BCUT2D eigenvalue weighted by molar-refractivity contribution is -0.117. The van der Waals surface area contributed by atoms with Gasteiger partial charge in [0.05, 0.1) is 0 Å². The lowest BCUT2D eigenvalue weighted by Gasteiger charge is -2.31. The Labute approximate surface area is 164 Å². The first-order valence-corrected chi connectivity index (χ1v) is 9.55. The van der Waals surface area contributed by atoms with Gasteiger partial charge in [-0.1, -0.05) is 24.3 Å². The van der Waals surface area contributed by atoms with Crippen molar-refractivity contribution in [3.8, 4) is 0 Å². The molecule has 1 saturated heterocycles. The minimum absolute atomic E-state index is 0.0609. The molecule has 1 aromatic rings. The van der Waals surface area contributed by atoms with Crippen molar-refractivity contribution in [2.24, 2.45) is 5.92 Å². The van der Waals surface area contributed by atoms with Crippen molar-refractivity contribution in [2.45, 2.75) is 26.4 Å². The van der Waals surface area contributed by atoms with Gasteiger partial charge < -0.3 is 15.0 Å². The zero-order chi connectivity index (χ0) is 19.9. The maximum Gasteiger partial charge on any atom is 0.410 e. The molecule has 2 amide bonds. The van der Waals surface area contributed by atoms with Crippen LogP contribution in [0.5, 0.6) is 0 Å². The quantitative estimate of drug-likeness (QED) is 0.842. The number of allylic oxidation sites excluding steroid dienone is 4. The molecule has 3 rings (SSSR count). The molecule has 2 aliphatic rings. The van der Waals surface area contributed by atoms with Crippen molar-refractivity contribution in [2.75, 3.05) is 19.6 Å². The summed E-state index contributed by atoms with van der Waals surface area (Å²) in [6.45, 7) is 3.89. The van der Waals surface area contributed by atoms with Crippen molar-refractivity contribution < 1.29 is 18.7 Å². The normalized spacial score (nSPS) is 18.3. The molecular weight excluding hydrogens is 359 g/mol. The van der Waals surface area contributed by atoms with Crippen LogP contribution in [0, 0.1) is 11.7 Å². The molecule has 1 heterocycles. The summed E-state index contributed by atoms with van der Waals surface area (Å²) in [6, 6.07) is 5.90. The Hall–Kier alpha value is -2.89. The average molecular weight is 384 g/mol. The van der Waals surface area contributed by atoms with Crippen LogP contribution in [-0.4, -0.2) is 36.5 Å². The van der Waals surface area contributed by atoms with E-state index in [1.807, 2.05) is 31.2 Å². The summed E-state index contributed by atoms with van der Waals surface area (Å²) in [6.07, 6.45) is 8.86. The van der Waals surface area contributed by atoms with Gasteiger partial charge >= 0.3 is 6.09 Å². The molecule has 28 heavy (non-hydrogen) atoms. The zero-order valence-corrected chi connectivity index (χ0v) is 16.0. The van der Waals surface area contributed by atoms with Gasteiger partial charge in [0.25, 0.3) is 5.91 Å².